The normalized spacial score (nSPS) is 10.9. The van der Waals surface area contributed by atoms with Gasteiger partial charge in [-0.3, -0.25) is 10.1 Å². The number of aliphatic hydroxyl groups excluding tert-OH is 1. The van der Waals surface area contributed by atoms with Crippen molar-refractivity contribution in [2.75, 3.05) is 19.9 Å². The summed E-state index contributed by atoms with van der Waals surface area (Å²) in [4.78, 5) is 12.3. The summed E-state index contributed by atoms with van der Waals surface area (Å²) in [5, 5.41) is 11.3. The maximum atomic E-state index is 12.3. The van der Waals surface area contributed by atoms with E-state index in [0.29, 0.717) is 30.0 Å². The highest BCUT2D eigenvalue weighted by molar-refractivity contribution is 9.10. The van der Waals surface area contributed by atoms with Gasteiger partial charge in [0.15, 0.2) is 5.78 Å². The Morgan fingerprint density at radius 3 is 2.26 bits per heavy atom. The fraction of sp³-hybridized carbons (Fsp3) is 0.167. The van der Waals surface area contributed by atoms with Crippen molar-refractivity contribution >= 4 is 21.7 Å². The molecule has 0 aliphatic heterocycles. The molecule has 0 spiro atoms. The van der Waals surface area contributed by atoms with Crippen molar-refractivity contribution in [3.63, 3.8) is 0 Å². The minimum atomic E-state index is -0.0426. The van der Waals surface area contributed by atoms with Crippen LogP contribution in [0.3, 0.4) is 0 Å². The predicted molar refractivity (Wildman–Crippen MR) is 93.7 cm³/mol. The van der Waals surface area contributed by atoms with E-state index < -0.39 is 0 Å². The number of carbonyl (C=O) groups is 1. The molecule has 5 heteroatoms. The third kappa shape index (κ3) is 5.63. The minimum absolute atomic E-state index is 0.0148. The molecular weight excluding hydrogens is 358 g/mol. The Bertz CT molecular complexity index is 651. The van der Waals surface area contributed by atoms with E-state index in [0.717, 1.165) is 4.47 Å². The van der Waals surface area contributed by atoms with Crippen molar-refractivity contribution in [1.29, 1.82) is 0 Å². The molecule has 2 aromatic carbocycles. The van der Waals surface area contributed by atoms with Crippen LogP contribution >= 0.6 is 15.9 Å². The molecule has 0 radical (unpaired) electrons. The number of carbonyl (C=O) groups excluding carboxylic acids is 1. The van der Waals surface area contributed by atoms with Gasteiger partial charge in [0.1, 0.15) is 12.4 Å². The lowest BCUT2D eigenvalue weighted by atomic mass is 10.0. The van der Waals surface area contributed by atoms with E-state index in [2.05, 4.69) is 21.2 Å². The molecule has 2 rings (SSSR count). The number of rotatable bonds is 8. The van der Waals surface area contributed by atoms with E-state index in [1.165, 1.54) is 0 Å². The highest BCUT2D eigenvalue weighted by Crippen LogP contribution is 2.17. The van der Waals surface area contributed by atoms with Gasteiger partial charge in [-0.25, -0.2) is 0 Å². The van der Waals surface area contributed by atoms with Crippen molar-refractivity contribution in [1.82, 2.24) is 5.32 Å². The molecule has 120 valence electrons. The second kappa shape index (κ2) is 9.25. The second-order valence-electron chi connectivity index (χ2n) is 4.76. The summed E-state index contributed by atoms with van der Waals surface area (Å²) < 4.78 is 6.49. The molecule has 0 aliphatic carbocycles. The Balaban J connectivity index is 1.90. The Morgan fingerprint density at radius 1 is 1.04 bits per heavy atom. The SMILES string of the molecule is O=C(c1ccc(Br)cc1)c1ccc(OCC=CCNCO)cc1. The molecule has 0 amide bonds. The number of ether oxygens (including phenoxy) is 1. The van der Waals surface area contributed by atoms with Gasteiger partial charge in [-0.05, 0) is 48.5 Å². The Labute approximate surface area is 143 Å². The smallest absolute Gasteiger partial charge is 0.193 e. The molecule has 4 nitrogen and oxygen atoms in total. The van der Waals surface area contributed by atoms with Gasteiger partial charge in [0.25, 0.3) is 0 Å². The minimum Gasteiger partial charge on any atom is -0.490 e. The van der Waals surface area contributed by atoms with Crippen molar-refractivity contribution in [2.45, 2.75) is 0 Å². The van der Waals surface area contributed by atoms with Crippen LogP contribution in [0.15, 0.2) is 65.2 Å². The Kier molecular flexibility index (Phi) is 7.00. The van der Waals surface area contributed by atoms with E-state index in [4.69, 9.17) is 9.84 Å². The van der Waals surface area contributed by atoms with Crippen LogP contribution in [0.5, 0.6) is 5.75 Å². The van der Waals surface area contributed by atoms with Gasteiger partial charge in [-0.15, -0.1) is 0 Å². The van der Waals surface area contributed by atoms with E-state index in [1.807, 2.05) is 24.3 Å². The van der Waals surface area contributed by atoms with Gasteiger partial charge in [-0.2, -0.15) is 0 Å². The molecule has 0 saturated heterocycles. The molecule has 0 fully saturated rings. The molecule has 2 aromatic rings. The van der Waals surface area contributed by atoms with Gasteiger partial charge >= 0.3 is 0 Å². The fourth-order valence-electron chi connectivity index (χ4n) is 1.91. The van der Waals surface area contributed by atoms with Crippen LogP contribution in [0, 0.1) is 0 Å². The van der Waals surface area contributed by atoms with E-state index in [1.54, 1.807) is 36.4 Å². The van der Waals surface area contributed by atoms with E-state index in [-0.39, 0.29) is 12.5 Å². The third-order valence-corrected chi connectivity index (χ3v) is 3.64. The number of hydrogen-bond acceptors (Lipinski definition) is 4. The zero-order valence-corrected chi connectivity index (χ0v) is 14.1. The lowest BCUT2D eigenvalue weighted by Gasteiger charge is -2.05. The van der Waals surface area contributed by atoms with Gasteiger partial charge in [0.2, 0.25) is 0 Å². The molecule has 23 heavy (non-hydrogen) atoms. The first-order valence-electron chi connectivity index (χ1n) is 7.20. The van der Waals surface area contributed by atoms with Crippen LogP contribution in [-0.2, 0) is 0 Å². The first-order valence-corrected chi connectivity index (χ1v) is 7.99. The lowest BCUT2D eigenvalue weighted by Crippen LogP contribution is -2.14. The molecule has 0 bridgehead atoms. The predicted octanol–water partition coefficient (Wildman–Crippen LogP) is 3.15. The highest BCUT2D eigenvalue weighted by Gasteiger charge is 2.08. The van der Waals surface area contributed by atoms with Gasteiger partial charge in [0.05, 0.1) is 6.73 Å². The number of aliphatic hydroxyl groups is 1. The second-order valence-corrected chi connectivity index (χ2v) is 5.67. The average Bonchev–Trinajstić information content (AvgIpc) is 2.58. The summed E-state index contributed by atoms with van der Waals surface area (Å²) in [5.74, 6) is 0.691. The van der Waals surface area contributed by atoms with Crippen LogP contribution in [0.4, 0.5) is 0 Å². The topological polar surface area (TPSA) is 58.6 Å². The van der Waals surface area contributed by atoms with E-state index >= 15 is 0 Å². The number of benzene rings is 2. The standard InChI is InChI=1S/C18H18BrNO3/c19-16-7-3-14(4-8-16)18(22)15-5-9-17(10-6-15)23-12-2-1-11-20-13-21/h1-10,20-21H,11-13H2. The summed E-state index contributed by atoms with van der Waals surface area (Å²) in [6, 6.07) is 14.4. The molecule has 0 aliphatic rings. The van der Waals surface area contributed by atoms with Crippen LogP contribution in [0.1, 0.15) is 15.9 Å². The summed E-state index contributed by atoms with van der Waals surface area (Å²) in [6.45, 7) is 0.993. The van der Waals surface area contributed by atoms with Gasteiger partial charge in [-0.1, -0.05) is 28.1 Å². The quantitative estimate of drug-likeness (QED) is 0.322. The van der Waals surface area contributed by atoms with Crippen molar-refractivity contribution in [3.8, 4) is 5.75 Å². The summed E-state index contributed by atoms with van der Waals surface area (Å²) in [7, 11) is 0. The first kappa shape index (κ1) is 17.4. The largest absolute Gasteiger partial charge is 0.490 e. The first-order chi connectivity index (χ1) is 11.2. The molecule has 0 atom stereocenters. The van der Waals surface area contributed by atoms with Crippen LogP contribution in [0.2, 0.25) is 0 Å². The van der Waals surface area contributed by atoms with Crippen LogP contribution in [0.25, 0.3) is 0 Å². The molecule has 2 N–H and O–H groups in total. The third-order valence-electron chi connectivity index (χ3n) is 3.11. The molecule has 0 aromatic heterocycles. The molecule has 0 heterocycles. The van der Waals surface area contributed by atoms with Crippen molar-refractivity contribution < 1.29 is 14.6 Å². The lowest BCUT2D eigenvalue weighted by molar-refractivity contribution is 0.103. The number of nitrogens with one attached hydrogen (secondary N) is 1. The number of ketones is 1. The highest BCUT2D eigenvalue weighted by atomic mass is 79.9. The van der Waals surface area contributed by atoms with Crippen LogP contribution in [-0.4, -0.2) is 30.8 Å². The average molecular weight is 376 g/mol. The Morgan fingerprint density at radius 2 is 1.65 bits per heavy atom. The number of hydrogen-bond donors (Lipinski definition) is 2. The molecular formula is C18H18BrNO3. The van der Waals surface area contributed by atoms with Gasteiger partial charge in [0, 0.05) is 22.1 Å². The summed E-state index contributed by atoms with van der Waals surface area (Å²) >= 11 is 3.35. The summed E-state index contributed by atoms with van der Waals surface area (Å²) in [6.07, 6.45) is 3.74. The van der Waals surface area contributed by atoms with Crippen molar-refractivity contribution in [3.05, 3.63) is 76.3 Å². The molecule has 0 saturated carbocycles. The summed E-state index contributed by atoms with van der Waals surface area (Å²) in [5.41, 5.74) is 1.28. The van der Waals surface area contributed by atoms with E-state index in [9.17, 15) is 4.79 Å². The monoisotopic (exact) mass is 375 g/mol. The zero-order chi connectivity index (χ0) is 16.5. The Hall–Kier alpha value is -1.95. The number of halogens is 1. The van der Waals surface area contributed by atoms with Crippen LogP contribution < -0.4 is 10.1 Å². The maximum absolute atomic E-state index is 12.3. The fourth-order valence-corrected chi connectivity index (χ4v) is 2.18. The van der Waals surface area contributed by atoms with Crippen molar-refractivity contribution in [2.24, 2.45) is 0 Å². The molecule has 0 unspecified atom stereocenters. The van der Waals surface area contributed by atoms with Gasteiger partial charge < -0.3 is 9.84 Å². The maximum Gasteiger partial charge on any atom is 0.193 e. The zero-order valence-electron chi connectivity index (χ0n) is 12.5.